The van der Waals surface area contributed by atoms with E-state index in [9.17, 15) is 14.4 Å². The second-order valence-electron chi connectivity index (χ2n) is 11.3. The van der Waals surface area contributed by atoms with Crippen molar-refractivity contribution in [3.8, 4) is 10.6 Å². The topological polar surface area (TPSA) is 120 Å². The molecule has 2 aromatic heterocycles. The summed E-state index contributed by atoms with van der Waals surface area (Å²) in [6.45, 7) is 11.6. The highest BCUT2D eigenvalue weighted by Crippen LogP contribution is 2.38. The molecule has 10 nitrogen and oxygen atoms in total. The summed E-state index contributed by atoms with van der Waals surface area (Å²) in [6, 6.07) is 1.44. The zero-order chi connectivity index (χ0) is 28.5. The fraction of sp³-hybridized carbons (Fsp3) is 0.593. The van der Waals surface area contributed by atoms with Crippen molar-refractivity contribution >= 4 is 35.3 Å². The van der Waals surface area contributed by atoms with Gasteiger partial charge in [0.15, 0.2) is 11.6 Å². The highest BCUT2D eigenvalue weighted by atomic mass is 32.1. The molecule has 4 heterocycles. The van der Waals surface area contributed by atoms with Crippen LogP contribution in [0.25, 0.3) is 10.6 Å². The monoisotopic (exact) mass is 562 g/mol. The van der Waals surface area contributed by atoms with E-state index in [2.05, 4.69) is 14.7 Å². The third-order valence-corrected chi connectivity index (χ3v) is 7.16. The highest BCUT2D eigenvalue weighted by molar-refractivity contribution is 7.09. The first-order chi connectivity index (χ1) is 18.3. The van der Waals surface area contributed by atoms with Gasteiger partial charge in [-0.05, 0) is 57.6 Å². The number of fused-ring (bicyclic) bond motifs is 1. The maximum atomic E-state index is 16.0. The second-order valence-corrected chi connectivity index (χ2v) is 12.1. The molecule has 2 aromatic rings. The van der Waals surface area contributed by atoms with E-state index in [1.54, 1.807) is 26.8 Å². The molecule has 0 saturated carbocycles. The number of aryl methyl sites for hydroxylation is 1. The van der Waals surface area contributed by atoms with E-state index >= 15 is 4.39 Å². The molecule has 0 spiro atoms. The second kappa shape index (κ2) is 11.5. The fourth-order valence-electron chi connectivity index (χ4n) is 4.53. The van der Waals surface area contributed by atoms with Crippen molar-refractivity contribution in [2.24, 2.45) is 11.8 Å². The molecule has 2 amide bonds. The lowest BCUT2D eigenvalue weighted by Crippen LogP contribution is -2.40. The molecule has 39 heavy (non-hydrogen) atoms. The molecule has 4 rings (SSSR count). The van der Waals surface area contributed by atoms with Crippen molar-refractivity contribution in [1.82, 2.24) is 14.3 Å². The van der Waals surface area contributed by atoms with E-state index in [0.29, 0.717) is 24.5 Å². The van der Waals surface area contributed by atoms with Crippen LogP contribution in [-0.2, 0) is 25.5 Å². The van der Waals surface area contributed by atoms with Gasteiger partial charge < -0.3 is 19.5 Å². The van der Waals surface area contributed by atoms with Gasteiger partial charge in [0.2, 0.25) is 0 Å². The van der Waals surface area contributed by atoms with Gasteiger partial charge in [0.1, 0.15) is 5.60 Å². The summed E-state index contributed by atoms with van der Waals surface area (Å²) in [5.74, 6) is -2.00. The number of hydrogen-bond donors (Lipinski definition) is 1. The molecule has 2 atom stereocenters. The van der Waals surface area contributed by atoms with Gasteiger partial charge in [-0.15, -0.1) is 0 Å². The Balaban J connectivity index is 1.66. The summed E-state index contributed by atoms with van der Waals surface area (Å²) in [5.41, 5.74) is 0.445. The van der Waals surface area contributed by atoms with Gasteiger partial charge in [-0.25, -0.2) is 19.1 Å². The van der Waals surface area contributed by atoms with E-state index in [4.69, 9.17) is 14.2 Å². The lowest BCUT2D eigenvalue weighted by atomic mass is 9.92. The number of pyridine rings is 1. The molecule has 0 bridgehead atoms. The molecule has 0 radical (unpaired) electrons. The summed E-state index contributed by atoms with van der Waals surface area (Å²) in [5, 5.41) is 3.18. The smallest absolute Gasteiger partial charge is 0.417 e. The van der Waals surface area contributed by atoms with Gasteiger partial charge in [-0.2, -0.15) is 4.37 Å². The minimum absolute atomic E-state index is 0.0282. The first-order valence-corrected chi connectivity index (χ1v) is 13.8. The molecule has 12 heteroatoms. The Hall–Kier alpha value is -3.12. The third kappa shape index (κ3) is 6.73. The van der Waals surface area contributed by atoms with Crippen molar-refractivity contribution in [2.75, 3.05) is 25.1 Å². The van der Waals surface area contributed by atoms with Crippen LogP contribution in [-0.4, -0.2) is 63.7 Å². The van der Waals surface area contributed by atoms with E-state index in [0.717, 1.165) is 22.1 Å². The number of carbonyl (C=O) groups is 3. The van der Waals surface area contributed by atoms with Crippen LogP contribution in [0.5, 0.6) is 0 Å². The Morgan fingerprint density at radius 2 is 2.08 bits per heavy atom. The Labute approximate surface area is 231 Å². The molecule has 0 aliphatic carbocycles. The van der Waals surface area contributed by atoms with Gasteiger partial charge in [-0.1, -0.05) is 13.8 Å². The third-order valence-electron chi connectivity index (χ3n) is 6.28. The standard InChI is InChI=1S/C27H35FN4O6S/c1-14(2)12-37-26(35)32-11-17-21(25(32)34)23(19-9-15(3)31-39-19)30-24(22(17)28)29-18-7-8-36-13-16(18)10-20(33)38-27(4,5)6/h9,14,16,18H,7-8,10-13H2,1-6H3,(H,29,30)/t16-,18+/m0/s1. The Kier molecular flexibility index (Phi) is 8.55. The minimum atomic E-state index is -0.827. The summed E-state index contributed by atoms with van der Waals surface area (Å²) in [4.78, 5) is 44.6. The number of halogens is 1. The summed E-state index contributed by atoms with van der Waals surface area (Å²) in [7, 11) is 0. The number of aromatic nitrogens is 2. The van der Waals surface area contributed by atoms with E-state index in [1.165, 1.54) is 0 Å². The van der Waals surface area contributed by atoms with E-state index in [-0.39, 0.29) is 66.1 Å². The van der Waals surface area contributed by atoms with E-state index in [1.807, 2.05) is 20.8 Å². The largest absolute Gasteiger partial charge is 0.460 e. The van der Waals surface area contributed by atoms with Crippen LogP contribution in [0.4, 0.5) is 15.0 Å². The van der Waals surface area contributed by atoms with Gasteiger partial charge in [0.25, 0.3) is 5.91 Å². The number of anilines is 1. The number of carbonyl (C=O) groups excluding carboxylic acids is 3. The molecule has 2 aliphatic rings. The van der Waals surface area contributed by atoms with Crippen LogP contribution in [0.2, 0.25) is 0 Å². The molecule has 1 N–H and O–H groups in total. The average molecular weight is 563 g/mol. The normalized spacial score (nSPS) is 19.3. The van der Waals surface area contributed by atoms with Crippen LogP contribution < -0.4 is 5.32 Å². The van der Waals surface area contributed by atoms with Crippen LogP contribution in [0.15, 0.2) is 6.07 Å². The molecule has 212 valence electrons. The number of nitrogens with zero attached hydrogens (tertiary/aromatic N) is 3. The van der Waals surface area contributed by atoms with Crippen molar-refractivity contribution in [1.29, 1.82) is 0 Å². The summed E-state index contributed by atoms with van der Waals surface area (Å²) < 4.78 is 36.6. The van der Waals surface area contributed by atoms with Crippen LogP contribution in [0, 0.1) is 24.6 Å². The molecule has 1 saturated heterocycles. The molecule has 0 aromatic carbocycles. The van der Waals surface area contributed by atoms with Gasteiger partial charge in [0.05, 0.1) is 48.0 Å². The number of amides is 2. The van der Waals surface area contributed by atoms with Crippen LogP contribution in [0.1, 0.15) is 69.1 Å². The Morgan fingerprint density at radius 3 is 2.72 bits per heavy atom. The molecule has 0 unspecified atom stereocenters. The lowest BCUT2D eigenvalue weighted by molar-refractivity contribution is -0.157. The molecular formula is C27H35FN4O6S. The van der Waals surface area contributed by atoms with Crippen molar-refractivity contribution < 1.29 is 33.0 Å². The minimum Gasteiger partial charge on any atom is -0.460 e. The number of nitrogens with one attached hydrogen (secondary N) is 1. The van der Waals surface area contributed by atoms with Crippen LogP contribution in [0.3, 0.4) is 0 Å². The number of esters is 1. The summed E-state index contributed by atoms with van der Waals surface area (Å²) >= 11 is 1.14. The van der Waals surface area contributed by atoms with Crippen molar-refractivity contribution in [2.45, 2.75) is 72.6 Å². The fourth-order valence-corrected chi connectivity index (χ4v) is 5.28. The predicted octanol–water partition coefficient (Wildman–Crippen LogP) is 4.95. The van der Waals surface area contributed by atoms with Crippen LogP contribution >= 0.6 is 11.5 Å². The number of ether oxygens (including phenoxy) is 3. The molecule has 2 aliphatic heterocycles. The van der Waals surface area contributed by atoms with E-state index < -0.39 is 23.4 Å². The molecule has 1 fully saturated rings. The zero-order valence-corrected chi connectivity index (χ0v) is 23.9. The van der Waals surface area contributed by atoms with Crippen molar-refractivity contribution in [3.05, 3.63) is 28.7 Å². The predicted molar refractivity (Wildman–Crippen MR) is 143 cm³/mol. The number of hydrogen-bond acceptors (Lipinski definition) is 10. The average Bonchev–Trinajstić information content (AvgIpc) is 3.43. The van der Waals surface area contributed by atoms with Gasteiger partial charge >= 0.3 is 12.1 Å². The Bertz CT molecular complexity index is 1260. The molecular weight excluding hydrogens is 527 g/mol. The number of imide groups is 1. The maximum Gasteiger partial charge on any atom is 0.417 e. The quantitative estimate of drug-likeness (QED) is 0.467. The van der Waals surface area contributed by atoms with Crippen molar-refractivity contribution in [3.63, 3.8) is 0 Å². The lowest BCUT2D eigenvalue weighted by Gasteiger charge is -2.33. The zero-order valence-electron chi connectivity index (χ0n) is 23.1. The highest BCUT2D eigenvalue weighted by Gasteiger charge is 2.40. The summed E-state index contributed by atoms with van der Waals surface area (Å²) in [6.07, 6.45) is -0.212. The Morgan fingerprint density at radius 1 is 1.33 bits per heavy atom. The maximum absolute atomic E-state index is 16.0. The van der Waals surface area contributed by atoms with Gasteiger partial charge in [-0.3, -0.25) is 9.59 Å². The first-order valence-electron chi connectivity index (χ1n) is 13.0. The first kappa shape index (κ1) is 28.9. The SMILES string of the molecule is Cc1cc(-c2nc(N[C@@H]3CCOC[C@@H]3CC(=O)OC(C)(C)C)c(F)c3c2C(=O)N(C(=O)OCC(C)C)C3)sn1. The number of rotatable bonds is 7. The van der Waals surface area contributed by atoms with Gasteiger partial charge in [0, 0.05) is 24.1 Å².